The number of carboxylic acid groups (broad SMARTS) is 2. The minimum absolute atomic E-state index is 0.0106. The van der Waals surface area contributed by atoms with Crippen molar-refractivity contribution in [3.05, 3.63) is 105 Å². The molecule has 1 fully saturated rings. The van der Waals surface area contributed by atoms with E-state index in [2.05, 4.69) is 21.3 Å². The monoisotopic (exact) mass is 786 g/mol. The molecule has 1 atom stereocenters. The molecular weight excluding hydrogens is 740 g/mol. The van der Waals surface area contributed by atoms with Gasteiger partial charge in [0.15, 0.2) is 5.60 Å². The number of aliphatic carboxylic acids is 2. The predicted molar refractivity (Wildman–Crippen MR) is 209 cm³/mol. The van der Waals surface area contributed by atoms with E-state index in [1.165, 1.54) is 13.1 Å². The highest BCUT2D eigenvalue weighted by Crippen LogP contribution is 2.36. The number of aromatic nitrogens is 1. The van der Waals surface area contributed by atoms with Crippen LogP contribution < -0.4 is 19.5 Å². The summed E-state index contributed by atoms with van der Waals surface area (Å²) in [4.78, 5) is 29.4. The molecule has 0 aliphatic carbocycles. The standard InChI is InChI=1S/C42H47ClN4O9/c1-27-31(7-4-8-33(27)34-9-5-10-36(28(34)2)54-16-6-13-47-14-11-42(53,12-15-47)40(51)52)25-56-38-19-37(55-24-30-17-29(20-44)21-45-22-30)32(18-35(38)43)23-46-41(3,26-48)39(49)50/h4-5,7-10,17-19,21-22,46,48,53H,6,11-16,23-26H2,1-3H3,(H,49,50)(H,51,52)/t41-/m0/s1. The van der Waals surface area contributed by atoms with Gasteiger partial charge in [0.1, 0.15) is 42.1 Å². The summed E-state index contributed by atoms with van der Waals surface area (Å²) in [6, 6.07) is 18.9. The maximum atomic E-state index is 11.8. The van der Waals surface area contributed by atoms with Crippen molar-refractivity contribution in [3.63, 3.8) is 0 Å². The van der Waals surface area contributed by atoms with Crippen LogP contribution in [0.25, 0.3) is 11.1 Å². The quantitative estimate of drug-likeness (QED) is 0.0777. The Balaban J connectivity index is 1.28. The maximum absolute atomic E-state index is 11.8. The van der Waals surface area contributed by atoms with Crippen LogP contribution in [0.1, 0.15) is 59.6 Å². The van der Waals surface area contributed by atoms with Gasteiger partial charge in [-0.25, -0.2) is 4.79 Å². The third kappa shape index (κ3) is 10.1. The van der Waals surface area contributed by atoms with Crippen molar-refractivity contribution in [1.29, 1.82) is 5.26 Å². The van der Waals surface area contributed by atoms with Gasteiger partial charge in [-0.3, -0.25) is 15.1 Å². The van der Waals surface area contributed by atoms with Gasteiger partial charge in [0.05, 0.1) is 23.8 Å². The second-order valence-corrected chi connectivity index (χ2v) is 14.6. The molecule has 0 amide bonds. The number of rotatable bonds is 18. The fourth-order valence-corrected chi connectivity index (χ4v) is 6.66. The number of hydrogen-bond donors (Lipinski definition) is 5. The predicted octanol–water partition coefficient (Wildman–Crippen LogP) is 5.65. The summed E-state index contributed by atoms with van der Waals surface area (Å²) in [5, 5.41) is 51.3. The number of ether oxygens (including phenoxy) is 3. The SMILES string of the molecule is Cc1c(COc2cc(OCc3cncc(C#N)c3)c(CN[C@@](C)(CO)C(=O)O)cc2Cl)cccc1-c1cccc(OCCCN2CCC(O)(C(=O)O)CC2)c1C. The summed E-state index contributed by atoms with van der Waals surface area (Å²) >= 11 is 6.73. The van der Waals surface area contributed by atoms with Gasteiger partial charge in [0.2, 0.25) is 0 Å². The number of aliphatic hydroxyl groups is 2. The molecule has 14 heteroatoms. The second-order valence-electron chi connectivity index (χ2n) is 14.2. The Bertz CT molecular complexity index is 2080. The molecule has 296 valence electrons. The molecule has 5 rings (SSSR count). The van der Waals surface area contributed by atoms with Crippen LogP contribution in [0.2, 0.25) is 5.02 Å². The number of nitrogens with zero attached hydrogens (tertiary/aromatic N) is 3. The van der Waals surface area contributed by atoms with Gasteiger partial charge < -0.3 is 39.5 Å². The molecule has 4 aromatic rings. The van der Waals surface area contributed by atoms with Crippen LogP contribution in [0.15, 0.2) is 67.0 Å². The highest BCUT2D eigenvalue weighted by Gasteiger charge is 2.39. The molecule has 1 aliphatic rings. The van der Waals surface area contributed by atoms with E-state index in [0.29, 0.717) is 47.9 Å². The minimum Gasteiger partial charge on any atom is -0.493 e. The summed E-state index contributed by atoms with van der Waals surface area (Å²) in [6.45, 7) is 7.33. The summed E-state index contributed by atoms with van der Waals surface area (Å²) in [5.74, 6) is -0.896. The van der Waals surface area contributed by atoms with Crippen LogP contribution in [0.4, 0.5) is 0 Å². The van der Waals surface area contributed by atoms with E-state index in [1.807, 2.05) is 50.2 Å². The number of halogens is 1. The number of benzene rings is 3. The Kier molecular flexibility index (Phi) is 13.9. The fourth-order valence-electron chi connectivity index (χ4n) is 6.42. The number of nitriles is 1. The van der Waals surface area contributed by atoms with Crippen LogP contribution in [-0.4, -0.2) is 86.2 Å². The van der Waals surface area contributed by atoms with Crippen molar-refractivity contribution in [2.24, 2.45) is 0 Å². The van der Waals surface area contributed by atoms with Crippen molar-refractivity contribution in [1.82, 2.24) is 15.2 Å². The normalized spacial score (nSPS) is 15.0. The van der Waals surface area contributed by atoms with Crippen LogP contribution >= 0.6 is 11.6 Å². The number of carboxylic acids is 2. The lowest BCUT2D eigenvalue weighted by atomic mass is 9.91. The zero-order valence-corrected chi connectivity index (χ0v) is 32.4. The van der Waals surface area contributed by atoms with Crippen LogP contribution in [0.5, 0.6) is 17.2 Å². The van der Waals surface area contributed by atoms with Gasteiger partial charge in [0, 0.05) is 55.8 Å². The average Bonchev–Trinajstić information content (AvgIpc) is 3.19. The van der Waals surface area contributed by atoms with Crippen molar-refractivity contribution >= 4 is 23.5 Å². The molecule has 3 aromatic carbocycles. The smallest absolute Gasteiger partial charge is 0.335 e. The first-order valence-electron chi connectivity index (χ1n) is 18.3. The van der Waals surface area contributed by atoms with Gasteiger partial charge >= 0.3 is 11.9 Å². The van der Waals surface area contributed by atoms with Gasteiger partial charge in [-0.2, -0.15) is 5.26 Å². The molecule has 5 N–H and O–H groups in total. The first-order chi connectivity index (χ1) is 26.8. The third-order valence-corrected chi connectivity index (χ3v) is 10.5. The van der Waals surface area contributed by atoms with E-state index in [4.69, 9.17) is 25.8 Å². The summed E-state index contributed by atoms with van der Waals surface area (Å²) in [6.07, 6.45) is 4.21. The number of piperidine rings is 1. The topological polar surface area (TPSA) is 195 Å². The summed E-state index contributed by atoms with van der Waals surface area (Å²) in [7, 11) is 0. The van der Waals surface area contributed by atoms with E-state index in [0.717, 1.165) is 46.5 Å². The molecule has 2 heterocycles. The lowest BCUT2D eigenvalue weighted by Crippen LogP contribution is -2.52. The zero-order valence-electron chi connectivity index (χ0n) is 31.7. The van der Waals surface area contributed by atoms with Gasteiger partial charge in [0.25, 0.3) is 0 Å². The molecule has 0 saturated carbocycles. The first kappa shape index (κ1) is 41.9. The van der Waals surface area contributed by atoms with Gasteiger partial charge in [-0.15, -0.1) is 0 Å². The van der Waals surface area contributed by atoms with Crippen LogP contribution in [0.3, 0.4) is 0 Å². The number of carbonyl (C=O) groups is 2. The van der Waals surface area contributed by atoms with Crippen LogP contribution in [-0.2, 0) is 29.3 Å². The molecule has 0 radical (unpaired) electrons. The van der Waals surface area contributed by atoms with Crippen LogP contribution in [0, 0.1) is 25.2 Å². The van der Waals surface area contributed by atoms with E-state index < -0.39 is 29.7 Å². The lowest BCUT2D eigenvalue weighted by Gasteiger charge is -2.35. The lowest BCUT2D eigenvalue weighted by molar-refractivity contribution is -0.163. The molecule has 56 heavy (non-hydrogen) atoms. The maximum Gasteiger partial charge on any atom is 0.335 e. The largest absolute Gasteiger partial charge is 0.493 e. The zero-order chi connectivity index (χ0) is 40.5. The Morgan fingerprint density at radius 2 is 1.64 bits per heavy atom. The highest BCUT2D eigenvalue weighted by atomic mass is 35.5. The Labute approximate surface area is 331 Å². The number of pyridine rings is 1. The van der Waals surface area contributed by atoms with Crippen molar-refractivity contribution < 1.29 is 44.2 Å². The Morgan fingerprint density at radius 1 is 0.946 bits per heavy atom. The van der Waals surface area contributed by atoms with Crippen molar-refractivity contribution in [2.45, 2.75) is 70.9 Å². The highest BCUT2D eigenvalue weighted by molar-refractivity contribution is 6.32. The number of nitrogens with one attached hydrogen (secondary N) is 1. The van der Waals surface area contributed by atoms with Crippen molar-refractivity contribution in [2.75, 3.05) is 32.8 Å². The summed E-state index contributed by atoms with van der Waals surface area (Å²) in [5.41, 5.74) is 3.28. The van der Waals surface area contributed by atoms with Crippen molar-refractivity contribution in [3.8, 4) is 34.4 Å². The Hall–Kier alpha value is -5.23. The first-order valence-corrected chi connectivity index (χ1v) is 18.7. The van der Waals surface area contributed by atoms with E-state index >= 15 is 0 Å². The average molecular weight is 787 g/mol. The van der Waals surface area contributed by atoms with E-state index in [-0.39, 0.29) is 37.6 Å². The van der Waals surface area contributed by atoms with E-state index in [1.54, 1.807) is 24.4 Å². The molecular formula is C42H47ClN4O9. The summed E-state index contributed by atoms with van der Waals surface area (Å²) < 4.78 is 18.6. The van der Waals surface area contributed by atoms with Gasteiger partial charge in [-0.05, 0) is 86.1 Å². The van der Waals surface area contributed by atoms with E-state index in [9.17, 15) is 35.3 Å². The molecule has 1 aliphatic heterocycles. The third-order valence-electron chi connectivity index (χ3n) is 10.3. The number of hydrogen-bond acceptors (Lipinski definition) is 11. The molecule has 1 saturated heterocycles. The Morgan fingerprint density at radius 3 is 2.32 bits per heavy atom. The molecule has 0 bridgehead atoms. The molecule has 1 aromatic heterocycles. The van der Waals surface area contributed by atoms with Gasteiger partial charge in [-0.1, -0.05) is 41.9 Å². The second kappa shape index (κ2) is 18.6. The number of aliphatic hydroxyl groups excluding tert-OH is 1. The minimum atomic E-state index is -1.63. The molecule has 13 nitrogen and oxygen atoms in total. The molecule has 0 spiro atoms. The fraction of sp³-hybridized carbons (Fsp3) is 0.381. The molecule has 0 unspecified atom stereocenters. The number of likely N-dealkylation sites (tertiary alicyclic amines) is 1.